The summed E-state index contributed by atoms with van der Waals surface area (Å²) in [6, 6.07) is 8.18. The molecule has 1 aliphatic rings. The Morgan fingerprint density at radius 3 is 2.76 bits per heavy atom. The lowest BCUT2D eigenvalue weighted by atomic mass is 10.1. The number of nitrogens with one attached hydrogen (secondary N) is 3. The molecule has 1 fully saturated rings. The van der Waals surface area contributed by atoms with Crippen LogP contribution >= 0.6 is 0 Å². The van der Waals surface area contributed by atoms with Crippen molar-refractivity contribution in [2.45, 2.75) is 31.6 Å². The first-order valence-corrected chi connectivity index (χ1v) is 11.8. The van der Waals surface area contributed by atoms with Gasteiger partial charge < -0.3 is 25.6 Å². The second-order valence-corrected chi connectivity index (χ2v) is 8.66. The Bertz CT molecular complexity index is 1240. The minimum absolute atomic E-state index is 0.0288. The predicted octanol–water partition coefficient (Wildman–Crippen LogP) is 4.27. The number of ether oxygens (including phenoxy) is 1. The van der Waals surface area contributed by atoms with E-state index in [0.29, 0.717) is 11.6 Å². The highest BCUT2D eigenvalue weighted by Gasteiger charge is 2.32. The van der Waals surface area contributed by atoms with E-state index >= 15 is 0 Å². The summed E-state index contributed by atoms with van der Waals surface area (Å²) in [7, 11) is 3.66. The molecule has 9 nitrogen and oxygen atoms in total. The molecule has 1 atom stereocenters. The Morgan fingerprint density at radius 2 is 2.03 bits per heavy atom. The van der Waals surface area contributed by atoms with E-state index in [4.69, 9.17) is 4.74 Å². The van der Waals surface area contributed by atoms with E-state index in [1.54, 1.807) is 25.4 Å². The smallest absolute Gasteiger partial charge is 0.416 e. The molecule has 3 aromatic rings. The maximum Gasteiger partial charge on any atom is 0.416 e. The van der Waals surface area contributed by atoms with Gasteiger partial charge >= 0.3 is 6.18 Å². The monoisotopic (exact) mass is 515 g/mol. The topological polar surface area (TPSA) is 104 Å². The van der Waals surface area contributed by atoms with Crippen LogP contribution in [-0.2, 0) is 12.7 Å². The van der Waals surface area contributed by atoms with Gasteiger partial charge in [0.15, 0.2) is 0 Å². The summed E-state index contributed by atoms with van der Waals surface area (Å²) in [5.41, 5.74) is -0.116. The zero-order valence-electron chi connectivity index (χ0n) is 20.5. The molecular weight excluding hydrogens is 487 g/mol. The zero-order valence-corrected chi connectivity index (χ0v) is 20.5. The van der Waals surface area contributed by atoms with Crippen LogP contribution in [0.5, 0.6) is 5.75 Å². The lowest BCUT2D eigenvalue weighted by Gasteiger charge is -2.20. The van der Waals surface area contributed by atoms with Gasteiger partial charge in [0.2, 0.25) is 5.95 Å². The van der Waals surface area contributed by atoms with Crippen LogP contribution in [0.15, 0.2) is 48.8 Å². The Balaban J connectivity index is 1.50. The summed E-state index contributed by atoms with van der Waals surface area (Å²) < 4.78 is 46.5. The van der Waals surface area contributed by atoms with Crippen molar-refractivity contribution in [3.05, 3.63) is 65.6 Å². The number of halogens is 3. The molecule has 1 aromatic carbocycles. The Kier molecular flexibility index (Phi) is 8.07. The summed E-state index contributed by atoms with van der Waals surface area (Å²) in [6.07, 6.45) is 0.437. The van der Waals surface area contributed by atoms with Crippen LogP contribution in [0.25, 0.3) is 0 Å². The quantitative estimate of drug-likeness (QED) is 0.388. The fourth-order valence-electron chi connectivity index (χ4n) is 4.02. The second kappa shape index (κ2) is 11.4. The van der Waals surface area contributed by atoms with Gasteiger partial charge in [-0.15, -0.1) is 0 Å². The number of anilines is 3. The van der Waals surface area contributed by atoms with E-state index in [9.17, 15) is 18.0 Å². The summed E-state index contributed by atoms with van der Waals surface area (Å²) in [6.45, 7) is 1.44. The van der Waals surface area contributed by atoms with E-state index in [-0.39, 0.29) is 42.0 Å². The largest absolute Gasteiger partial charge is 0.492 e. The van der Waals surface area contributed by atoms with E-state index in [1.165, 1.54) is 18.3 Å². The van der Waals surface area contributed by atoms with Crippen molar-refractivity contribution in [3.63, 3.8) is 0 Å². The Hall–Kier alpha value is -3.93. The van der Waals surface area contributed by atoms with Crippen LogP contribution < -0.4 is 20.7 Å². The van der Waals surface area contributed by atoms with E-state index in [0.717, 1.165) is 31.5 Å². The van der Waals surface area contributed by atoms with Crippen molar-refractivity contribution in [2.24, 2.45) is 0 Å². The predicted molar refractivity (Wildman–Crippen MR) is 134 cm³/mol. The standard InChI is InChI=1S/C25H28F3N7O2/c1-29-24-31-9-7-17(34-24)14-32-22-21(6-3-8-30-22)23(36)33-18-11-16(25(26,27)28)12-20(13-18)37-15-19-5-4-10-35(19)2/h3,6-9,11-13,19H,4-5,10,14-15H2,1-2H3,(H,30,32)(H,33,36)(H,29,31,34)/t19-/m1/s1. The van der Waals surface area contributed by atoms with Crippen LogP contribution in [0.3, 0.4) is 0 Å². The number of aromatic nitrogens is 3. The molecule has 1 aliphatic heterocycles. The molecule has 196 valence electrons. The number of carbonyl (C=O) groups is 1. The first kappa shape index (κ1) is 26.1. The third-order valence-electron chi connectivity index (χ3n) is 6.03. The number of alkyl halides is 3. The average Bonchev–Trinajstić information content (AvgIpc) is 3.30. The molecule has 0 aliphatic carbocycles. The van der Waals surface area contributed by atoms with Gasteiger partial charge in [-0.1, -0.05) is 0 Å². The Morgan fingerprint density at radius 1 is 1.19 bits per heavy atom. The van der Waals surface area contributed by atoms with Gasteiger partial charge in [0, 0.05) is 37.2 Å². The SMILES string of the molecule is CNc1nccc(CNc2ncccc2C(=O)Nc2cc(OC[C@H]3CCCN3C)cc(C(F)(F)F)c2)n1. The summed E-state index contributed by atoms with van der Waals surface area (Å²) in [4.78, 5) is 27.8. The second-order valence-electron chi connectivity index (χ2n) is 8.66. The fourth-order valence-corrected chi connectivity index (χ4v) is 4.02. The molecule has 1 amide bonds. The highest BCUT2D eigenvalue weighted by atomic mass is 19.4. The number of likely N-dealkylation sites (N-methyl/N-ethyl adjacent to an activating group) is 1. The maximum atomic E-state index is 13.6. The van der Waals surface area contributed by atoms with E-state index < -0.39 is 17.6 Å². The first-order valence-electron chi connectivity index (χ1n) is 11.8. The third kappa shape index (κ3) is 6.85. The highest BCUT2D eigenvalue weighted by Crippen LogP contribution is 2.34. The third-order valence-corrected chi connectivity index (χ3v) is 6.03. The van der Waals surface area contributed by atoms with Crippen molar-refractivity contribution >= 4 is 23.4 Å². The van der Waals surface area contributed by atoms with Crippen molar-refractivity contribution in [2.75, 3.05) is 43.2 Å². The van der Waals surface area contributed by atoms with Gasteiger partial charge in [-0.3, -0.25) is 4.79 Å². The number of likely N-dealkylation sites (tertiary alicyclic amines) is 1. The minimum Gasteiger partial charge on any atom is -0.492 e. The van der Waals surface area contributed by atoms with Crippen LogP contribution in [0.1, 0.15) is 34.5 Å². The zero-order chi connectivity index (χ0) is 26.4. The first-order chi connectivity index (χ1) is 17.7. The lowest BCUT2D eigenvalue weighted by Crippen LogP contribution is -2.30. The molecule has 3 N–H and O–H groups in total. The van der Waals surface area contributed by atoms with Crippen molar-refractivity contribution in [1.29, 1.82) is 0 Å². The van der Waals surface area contributed by atoms with Crippen LogP contribution in [0, 0.1) is 0 Å². The van der Waals surface area contributed by atoms with Crippen molar-refractivity contribution in [3.8, 4) is 5.75 Å². The molecule has 3 heterocycles. The number of benzene rings is 1. The fraction of sp³-hybridized carbons (Fsp3) is 0.360. The molecule has 1 saturated heterocycles. The molecule has 0 spiro atoms. The maximum absolute atomic E-state index is 13.6. The van der Waals surface area contributed by atoms with Gasteiger partial charge in [-0.25, -0.2) is 15.0 Å². The number of amides is 1. The highest BCUT2D eigenvalue weighted by molar-refractivity contribution is 6.07. The van der Waals surface area contributed by atoms with Crippen molar-refractivity contribution < 1.29 is 22.7 Å². The molecule has 12 heteroatoms. The number of nitrogens with zero attached hydrogens (tertiary/aromatic N) is 4. The molecule has 2 aromatic heterocycles. The Labute approximate surface area is 212 Å². The average molecular weight is 516 g/mol. The molecule has 0 bridgehead atoms. The van der Waals surface area contributed by atoms with Crippen LogP contribution in [0.4, 0.5) is 30.6 Å². The normalized spacial score (nSPS) is 15.9. The molecule has 0 unspecified atom stereocenters. The van der Waals surface area contributed by atoms with Gasteiger partial charge in [0.25, 0.3) is 5.91 Å². The lowest BCUT2D eigenvalue weighted by molar-refractivity contribution is -0.137. The number of carbonyl (C=O) groups excluding carboxylic acids is 1. The van der Waals surface area contributed by atoms with Crippen LogP contribution in [0.2, 0.25) is 0 Å². The number of rotatable bonds is 9. The van der Waals surface area contributed by atoms with Gasteiger partial charge in [-0.05, 0) is 56.8 Å². The molecular formula is C25H28F3N7O2. The van der Waals surface area contributed by atoms with Crippen LogP contribution in [-0.4, -0.2) is 59.0 Å². The number of hydrogen-bond donors (Lipinski definition) is 3. The summed E-state index contributed by atoms with van der Waals surface area (Å²) in [5, 5.41) is 8.46. The number of hydrogen-bond acceptors (Lipinski definition) is 8. The summed E-state index contributed by atoms with van der Waals surface area (Å²) in [5.74, 6) is 0.131. The molecule has 0 saturated carbocycles. The van der Waals surface area contributed by atoms with E-state index in [2.05, 4.69) is 35.8 Å². The van der Waals surface area contributed by atoms with Crippen molar-refractivity contribution in [1.82, 2.24) is 19.9 Å². The molecule has 0 radical (unpaired) electrons. The minimum atomic E-state index is -4.60. The van der Waals surface area contributed by atoms with Gasteiger partial charge in [0.05, 0.1) is 23.4 Å². The molecule has 4 rings (SSSR count). The number of pyridine rings is 1. The van der Waals surface area contributed by atoms with Gasteiger partial charge in [-0.2, -0.15) is 13.2 Å². The van der Waals surface area contributed by atoms with Gasteiger partial charge in [0.1, 0.15) is 18.2 Å². The summed E-state index contributed by atoms with van der Waals surface area (Å²) >= 11 is 0. The van der Waals surface area contributed by atoms with E-state index in [1.807, 2.05) is 7.05 Å². The molecule has 37 heavy (non-hydrogen) atoms.